The van der Waals surface area contributed by atoms with E-state index in [1.807, 2.05) is 4.90 Å². The smallest absolute Gasteiger partial charge is 0.226 e. The monoisotopic (exact) mass is 231 g/mol. The number of nitrogens with one attached hydrogen (secondary N) is 1. The van der Waals surface area contributed by atoms with Gasteiger partial charge in [0, 0.05) is 43.6 Å². The van der Waals surface area contributed by atoms with Crippen LogP contribution in [-0.4, -0.2) is 43.0 Å². The van der Waals surface area contributed by atoms with Gasteiger partial charge in [-0.25, -0.2) is 0 Å². The third kappa shape index (κ3) is 1.65. The zero-order valence-electron chi connectivity index (χ0n) is 8.74. The number of hydrogen-bond acceptors (Lipinski definition) is 3. The standard InChI is InChI=1S/C10H17N3O.ClH/c11-7-1-2-13(4-7)9(14)8-3-10(8)5-12-6-10;/h7-8,12H,1-6,11H2;1H/t7-,8?;/m0./s1. The summed E-state index contributed by atoms with van der Waals surface area (Å²) < 4.78 is 0. The molecule has 0 aromatic rings. The van der Waals surface area contributed by atoms with Gasteiger partial charge in [-0.1, -0.05) is 0 Å². The van der Waals surface area contributed by atoms with Crippen molar-refractivity contribution in [2.75, 3.05) is 26.2 Å². The fourth-order valence-electron chi connectivity index (χ4n) is 2.74. The van der Waals surface area contributed by atoms with E-state index in [9.17, 15) is 4.79 Å². The van der Waals surface area contributed by atoms with E-state index >= 15 is 0 Å². The molecule has 1 unspecified atom stereocenters. The second-order valence-corrected chi connectivity index (χ2v) is 5.06. The number of nitrogens with two attached hydrogens (primary N) is 1. The minimum atomic E-state index is 0. The maximum atomic E-state index is 12.0. The molecular formula is C10H18ClN3O. The molecule has 5 heteroatoms. The average molecular weight is 232 g/mol. The molecule has 3 fully saturated rings. The van der Waals surface area contributed by atoms with Gasteiger partial charge in [-0.3, -0.25) is 4.79 Å². The predicted molar refractivity (Wildman–Crippen MR) is 59.8 cm³/mol. The highest BCUT2D eigenvalue weighted by Gasteiger charge is 2.62. The summed E-state index contributed by atoms with van der Waals surface area (Å²) in [5, 5.41) is 3.25. The van der Waals surface area contributed by atoms with Gasteiger partial charge in [-0.05, 0) is 12.8 Å². The lowest BCUT2D eigenvalue weighted by atomic mass is 9.96. The molecule has 86 valence electrons. The van der Waals surface area contributed by atoms with Gasteiger partial charge in [0.2, 0.25) is 5.91 Å². The van der Waals surface area contributed by atoms with Crippen molar-refractivity contribution in [3.8, 4) is 0 Å². The molecule has 4 nitrogen and oxygen atoms in total. The Morgan fingerprint density at radius 2 is 2.20 bits per heavy atom. The lowest BCUT2D eigenvalue weighted by Gasteiger charge is -2.29. The summed E-state index contributed by atoms with van der Waals surface area (Å²) in [4.78, 5) is 14.0. The number of nitrogens with zero attached hydrogens (tertiary/aromatic N) is 1. The van der Waals surface area contributed by atoms with E-state index in [0.717, 1.165) is 39.0 Å². The van der Waals surface area contributed by atoms with Crippen LogP contribution in [0.3, 0.4) is 0 Å². The molecule has 2 heterocycles. The maximum absolute atomic E-state index is 12.0. The highest BCUT2D eigenvalue weighted by atomic mass is 35.5. The normalized spacial score (nSPS) is 35.9. The van der Waals surface area contributed by atoms with E-state index in [2.05, 4.69) is 5.32 Å². The van der Waals surface area contributed by atoms with Crippen molar-refractivity contribution in [1.82, 2.24) is 10.2 Å². The number of halogens is 1. The molecule has 0 aromatic heterocycles. The molecule has 0 aromatic carbocycles. The van der Waals surface area contributed by atoms with E-state index in [4.69, 9.17) is 5.73 Å². The molecule has 1 aliphatic carbocycles. The molecule has 2 atom stereocenters. The van der Waals surface area contributed by atoms with Crippen LogP contribution in [0.2, 0.25) is 0 Å². The van der Waals surface area contributed by atoms with Crippen LogP contribution in [0.5, 0.6) is 0 Å². The van der Waals surface area contributed by atoms with Gasteiger partial charge in [-0.2, -0.15) is 0 Å². The minimum absolute atomic E-state index is 0. The summed E-state index contributed by atoms with van der Waals surface area (Å²) in [6.45, 7) is 3.74. The van der Waals surface area contributed by atoms with Crippen LogP contribution in [0.25, 0.3) is 0 Å². The number of carbonyl (C=O) groups is 1. The van der Waals surface area contributed by atoms with Gasteiger partial charge >= 0.3 is 0 Å². The zero-order chi connectivity index (χ0) is 9.76. The Kier molecular flexibility index (Phi) is 2.69. The first-order valence-electron chi connectivity index (χ1n) is 5.46. The number of rotatable bonds is 1. The highest BCUT2D eigenvalue weighted by Crippen LogP contribution is 2.56. The van der Waals surface area contributed by atoms with E-state index in [1.165, 1.54) is 0 Å². The van der Waals surface area contributed by atoms with Crippen LogP contribution in [0.1, 0.15) is 12.8 Å². The van der Waals surface area contributed by atoms with Crippen molar-refractivity contribution in [2.24, 2.45) is 17.1 Å². The Hall–Kier alpha value is -0.320. The second kappa shape index (κ2) is 3.61. The average Bonchev–Trinajstić information content (AvgIpc) is 2.75. The molecule has 1 saturated carbocycles. The van der Waals surface area contributed by atoms with Gasteiger partial charge < -0.3 is 16.0 Å². The Labute approximate surface area is 96.0 Å². The summed E-state index contributed by atoms with van der Waals surface area (Å²) in [5.41, 5.74) is 6.16. The van der Waals surface area contributed by atoms with E-state index in [1.54, 1.807) is 0 Å². The van der Waals surface area contributed by atoms with E-state index in [-0.39, 0.29) is 18.4 Å². The number of amides is 1. The summed E-state index contributed by atoms with van der Waals surface area (Å²) in [6, 6.07) is 0.216. The molecule has 1 spiro atoms. The Morgan fingerprint density at radius 1 is 1.47 bits per heavy atom. The lowest BCUT2D eigenvalue weighted by molar-refractivity contribution is -0.132. The van der Waals surface area contributed by atoms with E-state index in [0.29, 0.717) is 17.2 Å². The Balaban J connectivity index is 0.000000853. The maximum Gasteiger partial charge on any atom is 0.226 e. The van der Waals surface area contributed by atoms with Gasteiger partial charge in [0.05, 0.1) is 0 Å². The number of carbonyl (C=O) groups excluding carboxylic acids is 1. The van der Waals surface area contributed by atoms with Gasteiger partial charge in [-0.15, -0.1) is 12.4 Å². The molecule has 3 N–H and O–H groups in total. The van der Waals surface area contributed by atoms with Gasteiger partial charge in [0.1, 0.15) is 0 Å². The quantitative estimate of drug-likeness (QED) is 0.645. The summed E-state index contributed by atoms with van der Waals surface area (Å²) in [6.07, 6.45) is 2.08. The van der Waals surface area contributed by atoms with Crippen LogP contribution in [-0.2, 0) is 4.79 Å². The third-order valence-electron chi connectivity index (χ3n) is 3.98. The molecule has 2 saturated heterocycles. The predicted octanol–water partition coefficient (Wildman–Crippen LogP) is -0.423. The van der Waals surface area contributed by atoms with E-state index < -0.39 is 0 Å². The van der Waals surface area contributed by atoms with Crippen molar-refractivity contribution < 1.29 is 4.79 Å². The summed E-state index contributed by atoms with van der Waals surface area (Å²) >= 11 is 0. The second-order valence-electron chi connectivity index (χ2n) is 5.06. The van der Waals surface area contributed by atoms with Crippen LogP contribution >= 0.6 is 12.4 Å². The molecule has 0 bridgehead atoms. The summed E-state index contributed by atoms with van der Waals surface area (Å²) in [7, 11) is 0. The first kappa shape index (κ1) is 11.2. The van der Waals surface area contributed by atoms with Crippen LogP contribution in [0.4, 0.5) is 0 Å². The Morgan fingerprint density at radius 3 is 2.60 bits per heavy atom. The van der Waals surface area contributed by atoms with Crippen molar-refractivity contribution in [3.05, 3.63) is 0 Å². The Bertz CT molecular complexity index is 274. The van der Waals surface area contributed by atoms with Crippen LogP contribution in [0, 0.1) is 11.3 Å². The lowest BCUT2D eigenvalue weighted by Crippen LogP contribution is -2.47. The van der Waals surface area contributed by atoms with Crippen molar-refractivity contribution in [1.29, 1.82) is 0 Å². The molecule has 15 heavy (non-hydrogen) atoms. The first-order chi connectivity index (χ1) is 6.71. The fourth-order valence-corrected chi connectivity index (χ4v) is 2.74. The SMILES string of the molecule is Cl.N[C@H]1CCN(C(=O)C2CC23CNC3)C1. The van der Waals surface area contributed by atoms with Crippen molar-refractivity contribution >= 4 is 18.3 Å². The van der Waals surface area contributed by atoms with Gasteiger partial charge in [0.15, 0.2) is 0 Å². The molecule has 3 aliphatic rings. The largest absolute Gasteiger partial charge is 0.341 e. The molecule has 0 radical (unpaired) electrons. The van der Waals surface area contributed by atoms with Crippen molar-refractivity contribution in [2.45, 2.75) is 18.9 Å². The molecule has 1 amide bonds. The minimum Gasteiger partial charge on any atom is -0.341 e. The zero-order valence-corrected chi connectivity index (χ0v) is 9.55. The van der Waals surface area contributed by atoms with Crippen LogP contribution < -0.4 is 11.1 Å². The highest BCUT2D eigenvalue weighted by molar-refractivity contribution is 5.85. The van der Waals surface area contributed by atoms with Crippen LogP contribution in [0.15, 0.2) is 0 Å². The topological polar surface area (TPSA) is 58.4 Å². The number of likely N-dealkylation sites (tertiary alicyclic amines) is 1. The number of hydrogen-bond donors (Lipinski definition) is 2. The summed E-state index contributed by atoms with van der Waals surface area (Å²) in [5.74, 6) is 0.675. The molecule has 2 aliphatic heterocycles. The van der Waals surface area contributed by atoms with Gasteiger partial charge in [0.25, 0.3) is 0 Å². The first-order valence-corrected chi connectivity index (χ1v) is 5.46. The molecule has 3 rings (SSSR count). The van der Waals surface area contributed by atoms with Crippen molar-refractivity contribution in [3.63, 3.8) is 0 Å². The molecular weight excluding hydrogens is 214 g/mol. The third-order valence-corrected chi connectivity index (χ3v) is 3.98. The fraction of sp³-hybridized carbons (Fsp3) is 0.900.